The Morgan fingerprint density at radius 3 is 2.51 bits per heavy atom. The van der Waals surface area contributed by atoms with Gasteiger partial charge in [0.2, 0.25) is 11.8 Å². The molecule has 11 nitrogen and oxygen atoms in total. The average molecular weight is 518 g/mol. The summed E-state index contributed by atoms with van der Waals surface area (Å²) in [5, 5.41) is 10.5. The fraction of sp³-hybridized carbons (Fsp3) is 0.692. The summed E-state index contributed by atoms with van der Waals surface area (Å²) in [6.45, 7) is 7.42. The number of nitrogens with one attached hydrogen (secondary N) is 2. The van der Waals surface area contributed by atoms with E-state index in [9.17, 15) is 14.4 Å². The van der Waals surface area contributed by atoms with E-state index in [-0.39, 0.29) is 42.4 Å². The summed E-state index contributed by atoms with van der Waals surface area (Å²) in [7, 11) is 1.46. The van der Waals surface area contributed by atoms with E-state index < -0.39 is 17.2 Å². The molecule has 3 amide bonds. The van der Waals surface area contributed by atoms with Crippen LogP contribution in [0.3, 0.4) is 0 Å². The van der Waals surface area contributed by atoms with Crippen LogP contribution in [0.25, 0.3) is 6.20 Å². The highest BCUT2D eigenvalue weighted by Gasteiger charge is 2.57. The van der Waals surface area contributed by atoms with Gasteiger partial charge in [0.25, 0.3) is 5.91 Å². The quantitative estimate of drug-likeness (QED) is 0.432. The Morgan fingerprint density at radius 2 is 1.92 bits per heavy atom. The van der Waals surface area contributed by atoms with Crippen LogP contribution in [0, 0.1) is 17.8 Å². The first-order valence-electron chi connectivity index (χ1n) is 12.9. The lowest BCUT2D eigenvalue weighted by atomic mass is 9.52. The Bertz CT molecular complexity index is 1050. The maximum Gasteiger partial charge on any atom is 0.405 e. The molecule has 5 rings (SSSR count). The number of primary amides is 1. The number of hydrogen-bond donors (Lipinski definition) is 3. The van der Waals surface area contributed by atoms with Crippen LogP contribution < -0.4 is 21.1 Å². The SMILES string of the molecule is COCC(=O)NC(C)(C)/C=C/n1ncc(C(=O)N[C@H]2C3CC4CC2C[C@@](OC(N)=O)(C4)C3)c1OC(C)C. The molecule has 0 spiro atoms. The number of amides is 3. The molecule has 0 saturated heterocycles. The number of carbonyl (C=O) groups is 3. The number of carbonyl (C=O) groups excluding carboxylic acids is 3. The van der Waals surface area contributed by atoms with E-state index in [4.69, 9.17) is 19.9 Å². The lowest BCUT2D eigenvalue weighted by Gasteiger charge is -2.58. The third-order valence-electron chi connectivity index (χ3n) is 7.54. The minimum Gasteiger partial charge on any atom is -0.474 e. The number of methoxy groups -OCH3 is 1. The van der Waals surface area contributed by atoms with Crippen molar-refractivity contribution in [1.29, 1.82) is 0 Å². The highest BCUT2D eigenvalue weighted by atomic mass is 16.6. The van der Waals surface area contributed by atoms with E-state index in [1.54, 1.807) is 12.3 Å². The molecule has 4 saturated carbocycles. The smallest absolute Gasteiger partial charge is 0.405 e. The molecular formula is C26H39N5O6. The van der Waals surface area contributed by atoms with Crippen molar-refractivity contribution in [3.63, 3.8) is 0 Å². The van der Waals surface area contributed by atoms with Gasteiger partial charge in [-0.3, -0.25) is 9.59 Å². The molecule has 37 heavy (non-hydrogen) atoms. The van der Waals surface area contributed by atoms with Crippen LogP contribution in [-0.4, -0.2) is 64.7 Å². The average Bonchev–Trinajstić information content (AvgIpc) is 3.15. The van der Waals surface area contributed by atoms with Crippen molar-refractivity contribution in [1.82, 2.24) is 20.4 Å². The first-order valence-corrected chi connectivity index (χ1v) is 12.9. The molecular weight excluding hydrogens is 478 g/mol. The standard InChI is InChI=1S/C26H39N5O6/c1-15(2)36-23-19(13-28-31(23)7-6-25(3,4)30-20(32)14-35-5)22(33)29-21-17-8-16-9-18(21)12-26(10-16,11-17)37-24(27)34/h6-7,13,15-18,21H,8-12,14H2,1-5H3,(H2,27,34)(H,29,33)(H,30,32)/b7-6+/t16?,17?,18?,21-,26+. The molecule has 1 heterocycles. The molecule has 11 heteroatoms. The van der Waals surface area contributed by atoms with Crippen molar-refractivity contribution in [3.05, 3.63) is 17.8 Å². The largest absolute Gasteiger partial charge is 0.474 e. The van der Waals surface area contributed by atoms with Crippen LogP contribution in [0.1, 0.15) is 70.2 Å². The highest BCUT2D eigenvalue weighted by Crippen LogP contribution is 2.57. The molecule has 2 atom stereocenters. The molecule has 0 radical (unpaired) electrons. The van der Waals surface area contributed by atoms with E-state index in [1.807, 2.05) is 27.7 Å². The van der Waals surface area contributed by atoms with Crippen molar-refractivity contribution < 1.29 is 28.6 Å². The lowest BCUT2D eigenvalue weighted by molar-refractivity contribution is -0.137. The van der Waals surface area contributed by atoms with Gasteiger partial charge < -0.3 is 30.6 Å². The van der Waals surface area contributed by atoms with Crippen molar-refractivity contribution in [3.8, 4) is 5.88 Å². The highest BCUT2D eigenvalue weighted by molar-refractivity contribution is 5.96. The summed E-state index contributed by atoms with van der Waals surface area (Å²) in [5.41, 5.74) is 4.54. The zero-order valence-electron chi connectivity index (χ0n) is 22.3. The number of aromatic nitrogens is 2. The van der Waals surface area contributed by atoms with Crippen molar-refractivity contribution in [2.24, 2.45) is 23.5 Å². The predicted octanol–water partition coefficient (Wildman–Crippen LogP) is 2.45. The second-order valence-corrected chi connectivity index (χ2v) is 11.6. The summed E-state index contributed by atoms with van der Waals surface area (Å²) in [6, 6.07) is -0.00521. The van der Waals surface area contributed by atoms with Crippen LogP contribution in [0.2, 0.25) is 0 Å². The number of hydrogen-bond acceptors (Lipinski definition) is 7. The van der Waals surface area contributed by atoms with Gasteiger partial charge in [0.15, 0.2) is 0 Å². The van der Waals surface area contributed by atoms with Gasteiger partial charge >= 0.3 is 6.09 Å². The zero-order valence-corrected chi connectivity index (χ0v) is 22.3. The summed E-state index contributed by atoms with van der Waals surface area (Å²) in [5.74, 6) is 0.803. The molecule has 4 N–H and O–H groups in total. The third kappa shape index (κ3) is 6.08. The monoisotopic (exact) mass is 517 g/mol. The summed E-state index contributed by atoms with van der Waals surface area (Å²) < 4.78 is 18.0. The van der Waals surface area contributed by atoms with Gasteiger partial charge in [0.05, 0.1) is 17.8 Å². The second kappa shape index (κ2) is 10.4. The van der Waals surface area contributed by atoms with E-state index in [0.29, 0.717) is 17.4 Å². The second-order valence-electron chi connectivity index (χ2n) is 11.6. The number of nitrogens with two attached hydrogens (primary N) is 1. The van der Waals surface area contributed by atoms with Gasteiger partial charge in [-0.25, -0.2) is 9.48 Å². The molecule has 4 aliphatic carbocycles. The molecule has 4 bridgehead atoms. The lowest BCUT2D eigenvalue weighted by Crippen LogP contribution is -2.63. The number of nitrogens with zero attached hydrogens (tertiary/aromatic N) is 2. The van der Waals surface area contributed by atoms with Gasteiger partial charge in [-0.05, 0) is 83.6 Å². The van der Waals surface area contributed by atoms with Gasteiger partial charge in [0.1, 0.15) is 17.8 Å². The van der Waals surface area contributed by atoms with Crippen molar-refractivity contribution in [2.75, 3.05) is 13.7 Å². The molecule has 1 aromatic heterocycles. The predicted molar refractivity (Wildman–Crippen MR) is 136 cm³/mol. The van der Waals surface area contributed by atoms with Crippen LogP contribution in [0.15, 0.2) is 12.3 Å². The van der Waals surface area contributed by atoms with Crippen LogP contribution in [0.5, 0.6) is 5.88 Å². The van der Waals surface area contributed by atoms with Gasteiger partial charge in [0, 0.05) is 19.4 Å². The Balaban J connectivity index is 1.50. The molecule has 4 aliphatic rings. The summed E-state index contributed by atoms with van der Waals surface area (Å²) >= 11 is 0. The first-order chi connectivity index (χ1) is 17.4. The number of rotatable bonds is 10. The fourth-order valence-corrected chi connectivity index (χ4v) is 6.53. The molecule has 4 fully saturated rings. The van der Waals surface area contributed by atoms with Gasteiger partial charge in [-0.1, -0.05) is 0 Å². The molecule has 0 aromatic carbocycles. The minimum atomic E-state index is -0.722. The Morgan fingerprint density at radius 1 is 1.24 bits per heavy atom. The normalized spacial score (nSPS) is 28.5. The van der Waals surface area contributed by atoms with E-state index in [0.717, 1.165) is 32.1 Å². The Kier molecular flexibility index (Phi) is 7.55. The fourth-order valence-electron chi connectivity index (χ4n) is 6.53. The molecule has 2 unspecified atom stereocenters. The number of ether oxygens (including phenoxy) is 3. The van der Waals surface area contributed by atoms with Crippen molar-refractivity contribution in [2.45, 2.75) is 83.1 Å². The summed E-state index contributed by atoms with van der Waals surface area (Å²) in [4.78, 5) is 37.0. The maximum atomic E-state index is 13.5. The molecule has 204 valence electrons. The third-order valence-corrected chi connectivity index (χ3v) is 7.54. The van der Waals surface area contributed by atoms with Crippen LogP contribution in [-0.2, 0) is 14.3 Å². The molecule has 1 aromatic rings. The van der Waals surface area contributed by atoms with Crippen molar-refractivity contribution >= 4 is 24.1 Å². The topological polar surface area (TPSA) is 147 Å². The van der Waals surface area contributed by atoms with Crippen LogP contribution in [0.4, 0.5) is 4.79 Å². The Labute approximate surface area is 217 Å². The Hall–Kier alpha value is -3.08. The van der Waals surface area contributed by atoms with E-state index >= 15 is 0 Å². The van der Waals surface area contributed by atoms with Gasteiger partial charge in [-0.2, -0.15) is 5.10 Å². The first kappa shape index (κ1) is 27.0. The van der Waals surface area contributed by atoms with Gasteiger partial charge in [-0.15, -0.1) is 0 Å². The van der Waals surface area contributed by atoms with Crippen LogP contribution >= 0.6 is 0 Å². The summed E-state index contributed by atoms with van der Waals surface area (Å²) in [6.07, 6.45) is 8.35. The zero-order chi connectivity index (χ0) is 27.0. The maximum absolute atomic E-state index is 13.5. The minimum absolute atomic E-state index is 0.00521. The molecule has 0 aliphatic heterocycles. The van der Waals surface area contributed by atoms with E-state index in [1.165, 1.54) is 18.0 Å². The van der Waals surface area contributed by atoms with E-state index in [2.05, 4.69) is 15.7 Å².